The molecular weight excluding hydrogens is 381 g/mol. The van der Waals surface area contributed by atoms with Crippen LogP contribution < -0.4 is 19.9 Å². The van der Waals surface area contributed by atoms with E-state index in [0.29, 0.717) is 29.4 Å². The van der Waals surface area contributed by atoms with Crippen molar-refractivity contribution < 1.29 is 27.8 Å². The predicted octanol–water partition coefficient (Wildman–Crippen LogP) is 4.51. The molecule has 0 amide bonds. The maximum atomic E-state index is 13.2. The number of methoxy groups -OCH3 is 2. The van der Waals surface area contributed by atoms with E-state index in [1.54, 1.807) is 26.0 Å². The summed E-state index contributed by atoms with van der Waals surface area (Å²) in [5, 5.41) is 0. The van der Waals surface area contributed by atoms with Crippen LogP contribution in [0.4, 0.5) is 0 Å². The van der Waals surface area contributed by atoms with Gasteiger partial charge in [-0.25, -0.2) is 0 Å². The second kappa shape index (κ2) is 10.5. The van der Waals surface area contributed by atoms with Crippen molar-refractivity contribution in [1.29, 1.82) is 0 Å². The van der Waals surface area contributed by atoms with Gasteiger partial charge in [0.15, 0.2) is 11.5 Å². The van der Waals surface area contributed by atoms with Crippen LogP contribution in [0.15, 0.2) is 42.5 Å². The molecule has 2 aromatic carbocycles. The minimum atomic E-state index is -3.61. The van der Waals surface area contributed by atoms with Crippen molar-refractivity contribution in [2.24, 2.45) is 5.73 Å². The summed E-state index contributed by atoms with van der Waals surface area (Å²) in [5.74, 6) is 0.301. The average molecular weight is 409 g/mol. The molecular formula is C20H28NO6P. The van der Waals surface area contributed by atoms with Gasteiger partial charge < -0.3 is 29.0 Å². The summed E-state index contributed by atoms with van der Waals surface area (Å²) < 4.78 is 40.8. The van der Waals surface area contributed by atoms with E-state index >= 15 is 0 Å². The van der Waals surface area contributed by atoms with Crippen molar-refractivity contribution in [3.8, 4) is 17.2 Å². The molecule has 7 nitrogen and oxygen atoms in total. The van der Waals surface area contributed by atoms with E-state index < -0.39 is 13.4 Å². The Labute approximate surface area is 166 Å². The van der Waals surface area contributed by atoms with Crippen molar-refractivity contribution in [3.05, 3.63) is 53.6 Å². The molecule has 2 N–H and O–H groups in total. The number of hydrogen-bond acceptors (Lipinski definition) is 7. The van der Waals surface area contributed by atoms with Crippen LogP contribution in [0.1, 0.15) is 30.8 Å². The van der Waals surface area contributed by atoms with Gasteiger partial charge in [-0.2, -0.15) is 0 Å². The number of benzene rings is 2. The number of rotatable bonds is 11. The van der Waals surface area contributed by atoms with Gasteiger partial charge in [-0.05, 0) is 25.5 Å². The highest BCUT2D eigenvalue weighted by Gasteiger charge is 2.36. The lowest BCUT2D eigenvalue weighted by Gasteiger charge is -2.26. The third kappa shape index (κ3) is 5.26. The van der Waals surface area contributed by atoms with Crippen LogP contribution in [-0.2, 0) is 20.2 Å². The Morgan fingerprint density at radius 3 is 2.04 bits per heavy atom. The first-order valence-corrected chi connectivity index (χ1v) is 10.7. The molecule has 1 atom stereocenters. The molecule has 0 radical (unpaired) electrons. The summed E-state index contributed by atoms with van der Waals surface area (Å²) in [4.78, 5) is 0. The second-order valence-electron chi connectivity index (χ2n) is 5.84. The van der Waals surface area contributed by atoms with E-state index in [2.05, 4.69) is 0 Å². The first-order valence-electron chi connectivity index (χ1n) is 9.06. The zero-order valence-electron chi connectivity index (χ0n) is 16.7. The zero-order valence-corrected chi connectivity index (χ0v) is 17.6. The average Bonchev–Trinajstić information content (AvgIpc) is 2.72. The molecule has 0 fully saturated rings. The van der Waals surface area contributed by atoms with E-state index in [0.717, 1.165) is 5.56 Å². The smallest absolute Gasteiger partial charge is 0.351 e. The quantitative estimate of drug-likeness (QED) is 0.546. The molecule has 2 rings (SSSR count). The summed E-state index contributed by atoms with van der Waals surface area (Å²) in [6.45, 7) is 4.19. The van der Waals surface area contributed by atoms with Gasteiger partial charge in [0.1, 0.15) is 18.1 Å². The lowest BCUT2D eigenvalue weighted by atomic mass is 10.1. The molecule has 0 unspecified atom stereocenters. The Morgan fingerprint density at radius 1 is 0.929 bits per heavy atom. The SMILES string of the molecule is CCOP(=O)(OCC)[C@H](N)c1cc(OC)c(OC)cc1OCc1ccccc1. The summed E-state index contributed by atoms with van der Waals surface area (Å²) in [7, 11) is -0.560. The van der Waals surface area contributed by atoms with Crippen LogP contribution in [0.5, 0.6) is 17.2 Å². The van der Waals surface area contributed by atoms with Crippen LogP contribution in [0.2, 0.25) is 0 Å². The number of hydrogen-bond donors (Lipinski definition) is 1. The van der Waals surface area contributed by atoms with E-state index in [-0.39, 0.29) is 13.2 Å². The van der Waals surface area contributed by atoms with Gasteiger partial charge in [-0.1, -0.05) is 30.3 Å². The van der Waals surface area contributed by atoms with Crippen LogP contribution in [0.25, 0.3) is 0 Å². The van der Waals surface area contributed by atoms with Crippen LogP contribution in [0, 0.1) is 0 Å². The van der Waals surface area contributed by atoms with Gasteiger partial charge in [-0.3, -0.25) is 4.57 Å². The highest BCUT2D eigenvalue weighted by molar-refractivity contribution is 7.54. The van der Waals surface area contributed by atoms with Crippen LogP contribution in [-0.4, -0.2) is 27.4 Å². The Hall–Kier alpha value is -2.05. The molecule has 0 saturated heterocycles. The zero-order chi connectivity index (χ0) is 20.6. The third-order valence-corrected chi connectivity index (χ3v) is 6.23. The van der Waals surface area contributed by atoms with Gasteiger partial charge in [0.05, 0.1) is 27.4 Å². The maximum absolute atomic E-state index is 13.2. The number of ether oxygens (including phenoxy) is 3. The summed E-state index contributed by atoms with van der Waals surface area (Å²) >= 11 is 0. The standard InChI is InChI=1S/C20H28NO6P/c1-5-26-28(22,27-6-2)20(21)16-12-18(23-3)19(24-4)13-17(16)25-14-15-10-8-7-9-11-15/h7-13,20H,5-6,14,21H2,1-4H3/t20-/m0/s1. The first kappa shape index (κ1) is 22.2. The molecule has 0 aliphatic heterocycles. The van der Waals surface area contributed by atoms with E-state index in [4.69, 9.17) is 29.0 Å². The van der Waals surface area contributed by atoms with Crippen molar-refractivity contribution in [3.63, 3.8) is 0 Å². The molecule has 2 aromatic rings. The molecule has 0 aromatic heterocycles. The molecule has 0 aliphatic rings. The first-order chi connectivity index (χ1) is 13.5. The van der Waals surface area contributed by atoms with Gasteiger partial charge in [0.25, 0.3) is 0 Å². The topological polar surface area (TPSA) is 89.2 Å². The summed E-state index contributed by atoms with van der Waals surface area (Å²) in [5.41, 5.74) is 7.78. The van der Waals surface area contributed by atoms with E-state index in [1.165, 1.54) is 14.2 Å². The van der Waals surface area contributed by atoms with Crippen molar-refractivity contribution in [1.82, 2.24) is 0 Å². The highest BCUT2D eigenvalue weighted by Crippen LogP contribution is 2.60. The third-order valence-electron chi connectivity index (χ3n) is 4.03. The van der Waals surface area contributed by atoms with E-state index in [9.17, 15) is 4.57 Å². The van der Waals surface area contributed by atoms with E-state index in [1.807, 2.05) is 30.3 Å². The lowest BCUT2D eigenvalue weighted by molar-refractivity contribution is 0.211. The lowest BCUT2D eigenvalue weighted by Crippen LogP contribution is -2.16. The van der Waals surface area contributed by atoms with Crippen molar-refractivity contribution in [2.75, 3.05) is 27.4 Å². The Bertz CT molecular complexity index is 789. The summed E-state index contributed by atoms with van der Waals surface area (Å²) in [6, 6.07) is 13.0. The fourth-order valence-corrected chi connectivity index (χ4v) is 4.35. The fraction of sp³-hybridized carbons (Fsp3) is 0.400. The Balaban J connectivity index is 2.45. The molecule has 0 aliphatic carbocycles. The van der Waals surface area contributed by atoms with Crippen LogP contribution >= 0.6 is 7.60 Å². The monoisotopic (exact) mass is 409 g/mol. The van der Waals surface area contributed by atoms with Crippen molar-refractivity contribution >= 4 is 7.60 Å². The van der Waals surface area contributed by atoms with Gasteiger partial charge in [-0.15, -0.1) is 0 Å². The fourth-order valence-electron chi connectivity index (χ4n) is 2.70. The normalized spacial score (nSPS) is 12.5. The molecule has 154 valence electrons. The molecule has 0 heterocycles. The molecule has 8 heteroatoms. The van der Waals surface area contributed by atoms with Crippen molar-refractivity contribution in [2.45, 2.75) is 26.2 Å². The minimum Gasteiger partial charge on any atom is -0.493 e. The van der Waals surface area contributed by atoms with Gasteiger partial charge in [0.2, 0.25) is 0 Å². The Morgan fingerprint density at radius 2 is 1.50 bits per heavy atom. The minimum absolute atomic E-state index is 0.207. The predicted molar refractivity (Wildman–Crippen MR) is 108 cm³/mol. The Kier molecular flexibility index (Phi) is 8.33. The molecule has 0 saturated carbocycles. The number of nitrogens with two attached hydrogens (primary N) is 1. The van der Waals surface area contributed by atoms with Crippen LogP contribution in [0.3, 0.4) is 0 Å². The molecule has 28 heavy (non-hydrogen) atoms. The summed E-state index contributed by atoms with van der Waals surface area (Å²) in [6.07, 6.45) is 0. The highest BCUT2D eigenvalue weighted by atomic mass is 31.2. The van der Waals surface area contributed by atoms with Gasteiger partial charge in [0, 0.05) is 11.6 Å². The second-order valence-corrected chi connectivity index (χ2v) is 7.99. The maximum Gasteiger partial charge on any atom is 0.351 e. The van der Waals surface area contributed by atoms with Gasteiger partial charge >= 0.3 is 7.60 Å². The molecule has 0 bridgehead atoms. The largest absolute Gasteiger partial charge is 0.493 e. The molecule has 0 spiro atoms.